The number of nitrogens with two attached hydrogens (primary N) is 1. The van der Waals surface area contributed by atoms with Gasteiger partial charge >= 0.3 is 0 Å². The lowest BCUT2D eigenvalue weighted by atomic mass is 10.1. The summed E-state index contributed by atoms with van der Waals surface area (Å²) in [5.74, 6) is -1.27. The van der Waals surface area contributed by atoms with Gasteiger partial charge in [-0.05, 0) is 24.3 Å². The zero-order chi connectivity index (χ0) is 15.6. The largest absolute Gasteiger partial charge is 0.398 e. The predicted molar refractivity (Wildman–Crippen MR) is 76.9 cm³/mol. The maximum absolute atomic E-state index is 13.0. The van der Waals surface area contributed by atoms with Crippen LogP contribution in [-0.2, 0) is 0 Å². The zero-order valence-corrected chi connectivity index (χ0v) is 11.2. The number of nitrogens with one attached hydrogen (secondary N) is 1. The van der Waals surface area contributed by atoms with Gasteiger partial charge in [0.25, 0.3) is 11.6 Å². The van der Waals surface area contributed by atoms with E-state index < -0.39 is 16.6 Å². The number of anilines is 2. The third kappa shape index (κ3) is 3.26. The first kappa shape index (κ1) is 14.7. The molecule has 0 saturated heterocycles. The number of hydrogen-bond acceptors (Lipinski definition) is 4. The van der Waals surface area contributed by atoms with E-state index in [1.807, 2.05) is 0 Å². The van der Waals surface area contributed by atoms with Crippen LogP contribution in [0.5, 0.6) is 0 Å². The first-order valence-electron chi connectivity index (χ1n) is 5.69. The molecule has 0 unspecified atom stereocenters. The minimum atomic E-state index is -0.654. The van der Waals surface area contributed by atoms with Crippen molar-refractivity contribution >= 4 is 34.6 Å². The number of rotatable bonds is 3. The van der Waals surface area contributed by atoms with Gasteiger partial charge in [-0.15, -0.1) is 0 Å². The second kappa shape index (κ2) is 5.76. The van der Waals surface area contributed by atoms with Crippen molar-refractivity contribution in [3.63, 3.8) is 0 Å². The summed E-state index contributed by atoms with van der Waals surface area (Å²) >= 11 is 5.60. The van der Waals surface area contributed by atoms with Crippen molar-refractivity contribution in [2.24, 2.45) is 0 Å². The standard InChI is InChI=1S/C13H9ClFN3O3/c14-10-5-7(1-3-11(10)15)17-13(19)9-6-8(18(20)21)2-4-12(9)16/h1-6H,16H2,(H,17,19). The van der Waals surface area contributed by atoms with Crippen molar-refractivity contribution in [1.29, 1.82) is 0 Å². The molecule has 0 atom stereocenters. The van der Waals surface area contributed by atoms with E-state index >= 15 is 0 Å². The Morgan fingerprint density at radius 1 is 1.29 bits per heavy atom. The molecule has 8 heteroatoms. The number of benzene rings is 2. The van der Waals surface area contributed by atoms with Gasteiger partial charge in [-0.25, -0.2) is 4.39 Å². The van der Waals surface area contributed by atoms with E-state index in [1.165, 1.54) is 24.3 Å². The molecule has 1 amide bonds. The minimum Gasteiger partial charge on any atom is -0.398 e. The Balaban J connectivity index is 2.29. The van der Waals surface area contributed by atoms with Crippen LogP contribution in [0.15, 0.2) is 36.4 Å². The molecule has 2 aromatic carbocycles. The van der Waals surface area contributed by atoms with E-state index in [4.69, 9.17) is 17.3 Å². The number of carbonyl (C=O) groups is 1. The van der Waals surface area contributed by atoms with E-state index in [0.717, 1.165) is 12.1 Å². The SMILES string of the molecule is Nc1ccc([N+](=O)[O-])cc1C(=O)Nc1ccc(F)c(Cl)c1. The maximum Gasteiger partial charge on any atom is 0.270 e. The molecule has 0 aliphatic rings. The van der Waals surface area contributed by atoms with Crippen LogP contribution in [0, 0.1) is 15.9 Å². The van der Waals surface area contributed by atoms with Crippen LogP contribution < -0.4 is 11.1 Å². The molecule has 0 fully saturated rings. The Labute approximate surface area is 123 Å². The van der Waals surface area contributed by atoms with E-state index in [-0.39, 0.29) is 27.6 Å². The first-order chi connectivity index (χ1) is 9.88. The normalized spacial score (nSPS) is 10.2. The van der Waals surface area contributed by atoms with Crippen molar-refractivity contribution in [2.75, 3.05) is 11.1 Å². The number of non-ortho nitro benzene ring substituents is 1. The third-order valence-corrected chi connectivity index (χ3v) is 2.96. The molecule has 0 aromatic heterocycles. The molecule has 6 nitrogen and oxygen atoms in total. The fraction of sp³-hybridized carbons (Fsp3) is 0. The van der Waals surface area contributed by atoms with E-state index in [1.54, 1.807) is 0 Å². The second-order valence-corrected chi connectivity index (χ2v) is 4.52. The number of nitrogen functional groups attached to an aromatic ring is 1. The minimum absolute atomic E-state index is 0.0513. The molecule has 0 spiro atoms. The van der Waals surface area contributed by atoms with Gasteiger partial charge in [-0.1, -0.05) is 11.6 Å². The predicted octanol–water partition coefficient (Wildman–Crippen LogP) is 3.22. The fourth-order valence-electron chi connectivity index (χ4n) is 1.63. The van der Waals surface area contributed by atoms with E-state index in [2.05, 4.69) is 5.32 Å². The maximum atomic E-state index is 13.0. The summed E-state index contributed by atoms with van der Waals surface area (Å²) in [6.07, 6.45) is 0. The van der Waals surface area contributed by atoms with Crippen LogP contribution in [0.2, 0.25) is 5.02 Å². The summed E-state index contributed by atoms with van der Waals surface area (Å²) in [6, 6.07) is 7.16. The van der Waals surface area contributed by atoms with Crippen LogP contribution >= 0.6 is 11.6 Å². The molecule has 2 aromatic rings. The topological polar surface area (TPSA) is 98.3 Å². The summed E-state index contributed by atoms with van der Waals surface area (Å²) in [7, 11) is 0. The van der Waals surface area contributed by atoms with Gasteiger partial charge in [0.2, 0.25) is 0 Å². The summed E-state index contributed by atoms with van der Waals surface area (Å²) in [5.41, 5.74) is 5.66. The Morgan fingerprint density at radius 2 is 2.00 bits per heavy atom. The van der Waals surface area contributed by atoms with Crippen LogP contribution in [0.1, 0.15) is 10.4 Å². The van der Waals surface area contributed by atoms with Crippen LogP contribution in [0.25, 0.3) is 0 Å². The molecule has 0 aliphatic carbocycles. The Hall–Kier alpha value is -2.67. The monoisotopic (exact) mass is 309 g/mol. The van der Waals surface area contributed by atoms with Crippen LogP contribution in [-0.4, -0.2) is 10.8 Å². The lowest BCUT2D eigenvalue weighted by molar-refractivity contribution is -0.384. The lowest BCUT2D eigenvalue weighted by Crippen LogP contribution is -2.14. The number of carbonyl (C=O) groups excluding carboxylic acids is 1. The Kier molecular flexibility index (Phi) is 4.04. The molecule has 0 bridgehead atoms. The van der Waals surface area contributed by atoms with Crippen molar-refractivity contribution in [3.8, 4) is 0 Å². The van der Waals surface area contributed by atoms with Crippen LogP contribution in [0.4, 0.5) is 21.5 Å². The Bertz CT molecular complexity index is 737. The van der Waals surface area contributed by atoms with Crippen molar-refractivity contribution in [3.05, 3.63) is 62.9 Å². The lowest BCUT2D eigenvalue weighted by Gasteiger charge is -2.08. The number of nitro benzene ring substituents is 1. The fourth-order valence-corrected chi connectivity index (χ4v) is 1.81. The quantitative estimate of drug-likeness (QED) is 0.516. The number of nitro groups is 1. The van der Waals surface area contributed by atoms with Gasteiger partial charge in [0.15, 0.2) is 0 Å². The van der Waals surface area contributed by atoms with Crippen LogP contribution in [0.3, 0.4) is 0 Å². The van der Waals surface area contributed by atoms with Gasteiger partial charge in [-0.2, -0.15) is 0 Å². The Morgan fingerprint density at radius 3 is 2.62 bits per heavy atom. The van der Waals surface area contributed by atoms with Crippen molar-refractivity contribution in [1.82, 2.24) is 0 Å². The second-order valence-electron chi connectivity index (χ2n) is 4.11. The molecule has 21 heavy (non-hydrogen) atoms. The summed E-state index contributed by atoms with van der Waals surface area (Å²) < 4.78 is 13.0. The molecule has 0 heterocycles. The van der Waals surface area contributed by atoms with Gasteiger partial charge in [0.05, 0.1) is 15.5 Å². The van der Waals surface area contributed by atoms with Gasteiger partial charge in [0.1, 0.15) is 5.82 Å². The van der Waals surface area contributed by atoms with Gasteiger partial charge in [0, 0.05) is 23.5 Å². The first-order valence-corrected chi connectivity index (χ1v) is 6.06. The summed E-state index contributed by atoms with van der Waals surface area (Å²) in [6.45, 7) is 0. The molecular weight excluding hydrogens is 301 g/mol. The molecule has 0 radical (unpaired) electrons. The van der Waals surface area contributed by atoms with Crippen molar-refractivity contribution < 1.29 is 14.1 Å². The summed E-state index contributed by atoms with van der Waals surface area (Å²) in [4.78, 5) is 22.1. The molecule has 0 saturated carbocycles. The van der Waals surface area contributed by atoms with Gasteiger partial charge in [-0.3, -0.25) is 14.9 Å². The molecule has 2 rings (SSSR count). The smallest absolute Gasteiger partial charge is 0.270 e. The molecule has 108 valence electrons. The van der Waals surface area contributed by atoms with E-state index in [0.29, 0.717) is 0 Å². The highest BCUT2D eigenvalue weighted by Gasteiger charge is 2.15. The van der Waals surface area contributed by atoms with Crippen molar-refractivity contribution in [2.45, 2.75) is 0 Å². The molecule has 0 aliphatic heterocycles. The zero-order valence-electron chi connectivity index (χ0n) is 10.5. The number of halogens is 2. The average Bonchev–Trinajstić information content (AvgIpc) is 2.43. The average molecular weight is 310 g/mol. The van der Waals surface area contributed by atoms with Gasteiger partial charge < -0.3 is 11.1 Å². The number of amides is 1. The van der Waals surface area contributed by atoms with E-state index in [9.17, 15) is 19.3 Å². The highest BCUT2D eigenvalue weighted by molar-refractivity contribution is 6.31. The third-order valence-electron chi connectivity index (χ3n) is 2.67. The number of nitrogens with zero attached hydrogens (tertiary/aromatic N) is 1. The highest BCUT2D eigenvalue weighted by atomic mass is 35.5. The highest BCUT2D eigenvalue weighted by Crippen LogP contribution is 2.23. The summed E-state index contributed by atoms with van der Waals surface area (Å²) in [5, 5.41) is 13.0. The number of hydrogen-bond donors (Lipinski definition) is 2. The molecular formula is C13H9ClFN3O3. The molecule has 3 N–H and O–H groups in total.